The maximum atomic E-state index is 11.6. The minimum Gasteiger partial charge on any atom is -0.480 e. The number of hydrogen-bond acceptors (Lipinski definition) is 5. The Hall–Kier alpha value is -2.05. The normalized spacial score (nSPS) is 13.0. The van der Waals surface area contributed by atoms with Crippen molar-refractivity contribution >= 4 is 12.1 Å². The van der Waals surface area contributed by atoms with Crippen molar-refractivity contribution in [3.63, 3.8) is 0 Å². The maximum absolute atomic E-state index is 11.6. The number of nitrogens with one attached hydrogen (secondary N) is 1. The molecule has 21 heavy (non-hydrogen) atoms. The molecule has 0 saturated carbocycles. The summed E-state index contributed by atoms with van der Waals surface area (Å²) < 4.78 is 10.1. The van der Waals surface area contributed by atoms with Crippen LogP contribution in [0.5, 0.6) is 0 Å². The molecule has 0 aliphatic heterocycles. The molecule has 2 N–H and O–H groups in total. The lowest BCUT2D eigenvalue weighted by Gasteiger charge is -2.17. The Bertz CT molecular complexity index is 502. The van der Waals surface area contributed by atoms with Crippen LogP contribution in [0.25, 0.3) is 0 Å². The van der Waals surface area contributed by atoms with Crippen LogP contribution < -0.4 is 5.32 Å². The molecule has 7 nitrogen and oxygen atoms in total. The van der Waals surface area contributed by atoms with Gasteiger partial charge >= 0.3 is 12.1 Å². The number of aromatic nitrogens is 1. The molecule has 0 spiro atoms. The van der Waals surface area contributed by atoms with Gasteiger partial charge in [0, 0.05) is 11.5 Å². The van der Waals surface area contributed by atoms with Crippen molar-refractivity contribution in [3.8, 4) is 0 Å². The zero-order valence-corrected chi connectivity index (χ0v) is 13.0. The number of aliphatic carboxylic acids is 1. The summed E-state index contributed by atoms with van der Waals surface area (Å²) in [7, 11) is 0. The fourth-order valence-corrected chi connectivity index (χ4v) is 1.55. The van der Waals surface area contributed by atoms with E-state index in [2.05, 4.69) is 10.5 Å². The van der Waals surface area contributed by atoms with Crippen molar-refractivity contribution in [2.75, 3.05) is 0 Å². The van der Waals surface area contributed by atoms with Gasteiger partial charge in [0.05, 0.1) is 0 Å². The molecule has 1 amide bonds. The van der Waals surface area contributed by atoms with Gasteiger partial charge in [0.1, 0.15) is 24.1 Å². The molecule has 1 aromatic heterocycles. The molecular weight excluding hydrogens is 276 g/mol. The van der Waals surface area contributed by atoms with Gasteiger partial charge in [-0.25, -0.2) is 9.59 Å². The summed E-state index contributed by atoms with van der Waals surface area (Å²) in [5.74, 6) is -0.653. The first-order valence-corrected chi connectivity index (χ1v) is 6.73. The Morgan fingerprint density at radius 1 is 1.43 bits per heavy atom. The molecule has 0 radical (unpaired) electrons. The first kappa shape index (κ1) is 17.0. The van der Waals surface area contributed by atoms with Gasteiger partial charge < -0.3 is 19.7 Å². The minimum atomic E-state index is -1.10. The van der Waals surface area contributed by atoms with Gasteiger partial charge in [-0.3, -0.25) is 0 Å². The van der Waals surface area contributed by atoms with E-state index in [0.717, 1.165) is 0 Å². The molecule has 1 heterocycles. The first-order valence-electron chi connectivity index (χ1n) is 6.73. The van der Waals surface area contributed by atoms with Gasteiger partial charge in [0.2, 0.25) is 0 Å². The third-order valence-corrected chi connectivity index (χ3v) is 2.86. The lowest BCUT2D eigenvalue weighted by Crippen LogP contribution is -2.44. The zero-order valence-electron chi connectivity index (χ0n) is 13.0. The molecule has 1 atom stereocenters. The van der Waals surface area contributed by atoms with E-state index in [1.165, 1.54) is 0 Å². The summed E-state index contributed by atoms with van der Waals surface area (Å²) in [6.07, 6.45) is -0.795. The Morgan fingerprint density at radius 3 is 2.48 bits per heavy atom. The van der Waals surface area contributed by atoms with Crippen molar-refractivity contribution < 1.29 is 24.0 Å². The molecule has 0 aromatic carbocycles. The average Bonchev–Trinajstić information content (AvgIpc) is 2.81. The molecule has 1 aromatic rings. The van der Waals surface area contributed by atoms with Gasteiger partial charge in [-0.15, -0.1) is 0 Å². The lowest BCUT2D eigenvalue weighted by atomic mass is 9.93. The van der Waals surface area contributed by atoms with Crippen LogP contribution in [-0.4, -0.2) is 28.4 Å². The zero-order chi connectivity index (χ0) is 16.2. The Balaban J connectivity index is 2.53. The van der Waals surface area contributed by atoms with E-state index in [4.69, 9.17) is 14.4 Å². The molecule has 0 aliphatic carbocycles. The van der Waals surface area contributed by atoms with Crippen molar-refractivity contribution in [2.45, 2.75) is 52.7 Å². The molecule has 0 unspecified atom stereocenters. The number of carboxylic acids is 1. The van der Waals surface area contributed by atoms with Crippen LogP contribution in [0, 0.1) is 5.92 Å². The topological polar surface area (TPSA) is 102 Å². The Kier molecular flexibility index (Phi) is 5.34. The standard InChI is InChI=1S/C14H22N2O5/c1-8(2)11(12(17)18)15-13(19)20-7-9-6-10(21-16-9)14(3,4)5/h6,8,11H,7H2,1-5H3,(H,15,19)(H,17,18)/t11-/m0/s1. The molecule has 0 bridgehead atoms. The highest BCUT2D eigenvalue weighted by molar-refractivity contribution is 5.80. The summed E-state index contributed by atoms with van der Waals surface area (Å²) in [5, 5.41) is 15.1. The Morgan fingerprint density at radius 2 is 2.05 bits per heavy atom. The van der Waals surface area contributed by atoms with Crippen LogP contribution in [0.15, 0.2) is 10.6 Å². The monoisotopic (exact) mass is 298 g/mol. The molecular formula is C14H22N2O5. The lowest BCUT2D eigenvalue weighted by molar-refractivity contribution is -0.140. The van der Waals surface area contributed by atoms with E-state index >= 15 is 0 Å². The highest BCUT2D eigenvalue weighted by atomic mass is 16.6. The number of alkyl carbamates (subject to hydrolysis) is 1. The van der Waals surface area contributed by atoms with E-state index in [1.54, 1.807) is 19.9 Å². The number of rotatable bonds is 5. The fourth-order valence-electron chi connectivity index (χ4n) is 1.55. The van der Waals surface area contributed by atoms with E-state index in [1.807, 2.05) is 20.8 Å². The minimum absolute atomic E-state index is 0.0736. The molecule has 0 fully saturated rings. The average molecular weight is 298 g/mol. The van der Waals surface area contributed by atoms with Crippen LogP contribution in [-0.2, 0) is 21.6 Å². The van der Waals surface area contributed by atoms with Crippen molar-refractivity contribution in [3.05, 3.63) is 17.5 Å². The van der Waals surface area contributed by atoms with Crippen molar-refractivity contribution in [1.29, 1.82) is 0 Å². The molecule has 7 heteroatoms. The highest BCUT2D eigenvalue weighted by Gasteiger charge is 2.24. The molecule has 0 aliphatic rings. The maximum Gasteiger partial charge on any atom is 0.408 e. The van der Waals surface area contributed by atoms with Gasteiger partial charge in [-0.05, 0) is 5.92 Å². The largest absolute Gasteiger partial charge is 0.480 e. The Labute approximate surface area is 123 Å². The molecule has 118 valence electrons. The number of hydrogen-bond donors (Lipinski definition) is 2. The van der Waals surface area contributed by atoms with Crippen LogP contribution in [0.4, 0.5) is 4.79 Å². The third-order valence-electron chi connectivity index (χ3n) is 2.86. The van der Waals surface area contributed by atoms with Crippen LogP contribution in [0.3, 0.4) is 0 Å². The second-order valence-corrected chi connectivity index (χ2v) is 6.21. The third kappa shape index (κ3) is 5.09. The van der Waals surface area contributed by atoms with Gasteiger partial charge in [-0.1, -0.05) is 39.8 Å². The first-order chi connectivity index (χ1) is 9.61. The van der Waals surface area contributed by atoms with E-state index in [0.29, 0.717) is 11.5 Å². The summed E-state index contributed by atoms with van der Waals surface area (Å²) >= 11 is 0. The van der Waals surface area contributed by atoms with Crippen molar-refractivity contribution in [1.82, 2.24) is 10.5 Å². The SMILES string of the molecule is CC(C)[C@H](NC(=O)OCc1cc(C(C)(C)C)on1)C(=O)O. The predicted molar refractivity (Wildman–Crippen MR) is 74.8 cm³/mol. The summed E-state index contributed by atoms with van der Waals surface area (Å²) in [4.78, 5) is 22.6. The second kappa shape index (κ2) is 6.60. The van der Waals surface area contributed by atoms with E-state index in [-0.39, 0.29) is 17.9 Å². The fraction of sp³-hybridized carbons (Fsp3) is 0.643. The van der Waals surface area contributed by atoms with Crippen molar-refractivity contribution in [2.24, 2.45) is 5.92 Å². The van der Waals surface area contributed by atoms with Gasteiger partial charge in [0.25, 0.3) is 0 Å². The number of ether oxygens (including phenoxy) is 1. The number of carboxylic acid groups (broad SMARTS) is 1. The van der Waals surface area contributed by atoms with E-state index < -0.39 is 18.1 Å². The molecule has 0 saturated heterocycles. The quantitative estimate of drug-likeness (QED) is 0.865. The summed E-state index contributed by atoms with van der Waals surface area (Å²) in [6, 6.07) is 0.727. The smallest absolute Gasteiger partial charge is 0.408 e. The predicted octanol–water partition coefficient (Wildman–Crippen LogP) is 2.31. The van der Waals surface area contributed by atoms with Gasteiger partial charge in [0.15, 0.2) is 0 Å². The summed E-state index contributed by atoms with van der Waals surface area (Å²) in [6.45, 7) is 9.26. The summed E-state index contributed by atoms with van der Waals surface area (Å²) in [5.41, 5.74) is 0.297. The highest BCUT2D eigenvalue weighted by Crippen LogP contribution is 2.22. The van der Waals surface area contributed by atoms with Gasteiger partial charge in [-0.2, -0.15) is 0 Å². The van der Waals surface area contributed by atoms with Crippen LogP contribution >= 0.6 is 0 Å². The van der Waals surface area contributed by atoms with Crippen LogP contribution in [0.1, 0.15) is 46.1 Å². The molecule has 1 rings (SSSR count). The van der Waals surface area contributed by atoms with E-state index in [9.17, 15) is 9.59 Å². The number of amides is 1. The van der Waals surface area contributed by atoms with Crippen LogP contribution in [0.2, 0.25) is 0 Å². The number of nitrogens with zero attached hydrogens (tertiary/aromatic N) is 1. The number of carbonyl (C=O) groups excluding carboxylic acids is 1. The second-order valence-electron chi connectivity index (χ2n) is 6.21. The number of carbonyl (C=O) groups is 2.